The van der Waals surface area contributed by atoms with Crippen LogP contribution in [0.5, 0.6) is 5.75 Å². The molecule has 3 aliphatic heterocycles. The molecular formula is C29H41N3O2. The lowest BCUT2D eigenvalue weighted by Crippen LogP contribution is -2.26. The van der Waals surface area contributed by atoms with Crippen molar-refractivity contribution < 1.29 is 9.47 Å². The van der Waals surface area contributed by atoms with Gasteiger partial charge in [0.2, 0.25) is 0 Å². The van der Waals surface area contributed by atoms with Gasteiger partial charge in [0.1, 0.15) is 18.2 Å². The number of likely N-dealkylation sites (tertiary alicyclic amines) is 1. The predicted molar refractivity (Wildman–Crippen MR) is 138 cm³/mol. The Hall–Kier alpha value is -2.11. The number of aryl methyl sites for hydroxylation is 2. The normalized spacial score (nSPS) is 23.4. The van der Waals surface area contributed by atoms with Crippen LogP contribution in [0.15, 0.2) is 36.4 Å². The lowest BCUT2D eigenvalue weighted by molar-refractivity contribution is 0.0679. The molecule has 1 aromatic carbocycles. The average Bonchev–Trinajstić information content (AvgIpc) is 3.57. The first-order valence-corrected chi connectivity index (χ1v) is 13.6. The van der Waals surface area contributed by atoms with E-state index in [-0.39, 0.29) is 6.10 Å². The number of rotatable bonds is 10. The number of aromatic nitrogens is 1. The van der Waals surface area contributed by atoms with Gasteiger partial charge in [0, 0.05) is 31.9 Å². The van der Waals surface area contributed by atoms with Crippen molar-refractivity contribution in [3.63, 3.8) is 0 Å². The predicted octanol–water partition coefficient (Wildman–Crippen LogP) is 5.45. The first kappa shape index (κ1) is 23.6. The van der Waals surface area contributed by atoms with E-state index in [1.165, 1.54) is 49.2 Å². The molecule has 0 aliphatic carbocycles. The lowest BCUT2D eigenvalue weighted by Gasteiger charge is -2.24. The summed E-state index contributed by atoms with van der Waals surface area (Å²) in [5.74, 6) is 3.45. The first-order valence-electron chi connectivity index (χ1n) is 13.6. The van der Waals surface area contributed by atoms with Gasteiger partial charge in [0.15, 0.2) is 0 Å². The van der Waals surface area contributed by atoms with Crippen molar-refractivity contribution >= 4 is 5.82 Å². The van der Waals surface area contributed by atoms with Crippen molar-refractivity contribution in [2.45, 2.75) is 70.3 Å². The van der Waals surface area contributed by atoms with Gasteiger partial charge in [0.05, 0.1) is 6.10 Å². The van der Waals surface area contributed by atoms with Crippen molar-refractivity contribution in [2.24, 2.45) is 5.92 Å². The fourth-order valence-electron chi connectivity index (χ4n) is 5.78. The van der Waals surface area contributed by atoms with Gasteiger partial charge in [-0.25, -0.2) is 4.98 Å². The fourth-order valence-corrected chi connectivity index (χ4v) is 5.78. The second-order valence-electron chi connectivity index (χ2n) is 10.4. The third-order valence-corrected chi connectivity index (χ3v) is 7.89. The minimum Gasteiger partial charge on any atom is -0.491 e. The second kappa shape index (κ2) is 11.5. The Kier molecular flexibility index (Phi) is 8.02. The van der Waals surface area contributed by atoms with E-state index in [2.05, 4.69) is 53.5 Å². The van der Waals surface area contributed by atoms with Crippen LogP contribution in [0.2, 0.25) is 0 Å². The Morgan fingerprint density at radius 1 is 1.21 bits per heavy atom. The molecule has 34 heavy (non-hydrogen) atoms. The summed E-state index contributed by atoms with van der Waals surface area (Å²) < 4.78 is 11.8. The maximum absolute atomic E-state index is 6.07. The SMILES string of the molecule is CCC(CN1CCC(CCc2ccc3c(n2)NCCC3)C1)c1cccc(OCC2CCCO2)c1. The standard InChI is InChI=1S/C29H41N3O2/c1-2-23(25-6-3-8-27(18-25)34-21-28-9-5-17-33-28)20-32-16-14-22(19-32)10-12-26-13-11-24-7-4-15-30-29(24)31-26/h3,6,8,11,13,18,22-23,28H,2,4-5,7,9-10,12,14-17,19-21H2,1H3,(H,30,31). The van der Waals surface area contributed by atoms with Crippen molar-refractivity contribution in [3.8, 4) is 5.75 Å². The molecule has 4 heterocycles. The minimum atomic E-state index is 0.264. The van der Waals surface area contributed by atoms with Gasteiger partial charge >= 0.3 is 0 Å². The molecule has 0 radical (unpaired) electrons. The third kappa shape index (κ3) is 6.11. The van der Waals surface area contributed by atoms with Crippen molar-refractivity contribution in [2.75, 3.05) is 44.7 Å². The van der Waals surface area contributed by atoms with Crippen LogP contribution in [0, 0.1) is 5.92 Å². The van der Waals surface area contributed by atoms with Gasteiger partial charge in [-0.1, -0.05) is 25.1 Å². The highest BCUT2D eigenvalue weighted by molar-refractivity contribution is 5.47. The van der Waals surface area contributed by atoms with Crippen LogP contribution >= 0.6 is 0 Å². The zero-order valence-electron chi connectivity index (χ0n) is 20.8. The van der Waals surface area contributed by atoms with Gasteiger partial charge in [-0.2, -0.15) is 0 Å². The van der Waals surface area contributed by atoms with Gasteiger partial charge < -0.3 is 19.7 Å². The molecule has 0 amide bonds. The Balaban J connectivity index is 1.10. The van der Waals surface area contributed by atoms with E-state index in [0.29, 0.717) is 12.5 Å². The summed E-state index contributed by atoms with van der Waals surface area (Å²) in [6, 6.07) is 13.3. The number of anilines is 1. The van der Waals surface area contributed by atoms with Crippen LogP contribution in [0.4, 0.5) is 5.82 Å². The maximum atomic E-state index is 6.07. The van der Waals surface area contributed by atoms with E-state index < -0.39 is 0 Å². The van der Waals surface area contributed by atoms with Crippen LogP contribution in [0.25, 0.3) is 0 Å². The molecule has 2 aromatic rings. The van der Waals surface area contributed by atoms with Gasteiger partial charge in [-0.05, 0) is 99.1 Å². The number of pyridine rings is 1. The zero-order chi connectivity index (χ0) is 23.2. The van der Waals surface area contributed by atoms with Crippen molar-refractivity contribution in [1.82, 2.24) is 9.88 Å². The molecule has 0 spiro atoms. The molecule has 2 saturated heterocycles. The molecule has 1 N–H and O–H groups in total. The fraction of sp³-hybridized carbons (Fsp3) is 0.621. The molecular weight excluding hydrogens is 422 g/mol. The smallest absolute Gasteiger partial charge is 0.129 e. The quantitative estimate of drug-likeness (QED) is 0.508. The van der Waals surface area contributed by atoms with E-state index in [0.717, 1.165) is 69.3 Å². The molecule has 1 aromatic heterocycles. The lowest BCUT2D eigenvalue weighted by atomic mass is 9.95. The number of fused-ring (bicyclic) bond motifs is 1. The summed E-state index contributed by atoms with van der Waals surface area (Å²) in [5.41, 5.74) is 4.04. The van der Waals surface area contributed by atoms with E-state index in [4.69, 9.17) is 14.5 Å². The molecule has 0 saturated carbocycles. The Morgan fingerprint density at radius 2 is 2.18 bits per heavy atom. The van der Waals surface area contributed by atoms with Gasteiger partial charge in [-0.3, -0.25) is 0 Å². The van der Waals surface area contributed by atoms with Gasteiger partial charge in [0.25, 0.3) is 0 Å². The van der Waals surface area contributed by atoms with E-state index in [1.807, 2.05) is 0 Å². The number of hydrogen-bond donors (Lipinski definition) is 1. The maximum Gasteiger partial charge on any atom is 0.129 e. The summed E-state index contributed by atoms with van der Waals surface area (Å²) in [7, 11) is 0. The Bertz CT molecular complexity index is 927. The summed E-state index contributed by atoms with van der Waals surface area (Å²) in [6.45, 7) is 8.50. The molecule has 5 heteroatoms. The van der Waals surface area contributed by atoms with Crippen LogP contribution in [-0.4, -0.2) is 55.4 Å². The van der Waals surface area contributed by atoms with E-state index in [9.17, 15) is 0 Å². The van der Waals surface area contributed by atoms with E-state index in [1.54, 1.807) is 0 Å². The Labute approximate surface area is 205 Å². The molecule has 5 rings (SSSR count). The number of hydrogen-bond acceptors (Lipinski definition) is 5. The van der Waals surface area contributed by atoms with Crippen LogP contribution < -0.4 is 10.1 Å². The topological polar surface area (TPSA) is 46.6 Å². The highest BCUT2D eigenvalue weighted by atomic mass is 16.5. The van der Waals surface area contributed by atoms with Crippen LogP contribution in [-0.2, 0) is 17.6 Å². The Morgan fingerprint density at radius 3 is 3.06 bits per heavy atom. The molecule has 0 bridgehead atoms. The minimum absolute atomic E-state index is 0.264. The number of nitrogens with one attached hydrogen (secondary N) is 1. The van der Waals surface area contributed by atoms with Crippen LogP contribution in [0.3, 0.4) is 0 Å². The highest BCUT2D eigenvalue weighted by Crippen LogP contribution is 2.29. The molecule has 3 atom stereocenters. The summed E-state index contributed by atoms with van der Waals surface area (Å²) in [5, 5.41) is 3.47. The average molecular weight is 464 g/mol. The summed E-state index contributed by atoms with van der Waals surface area (Å²) in [4.78, 5) is 7.58. The molecule has 2 fully saturated rings. The number of nitrogens with zero attached hydrogens (tertiary/aromatic N) is 2. The summed E-state index contributed by atoms with van der Waals surface area (Å²) in [6.07, 6.45) is 9.72. The molecule has 3 aliphatic rings. The van der Waals surface area contributed by atoms with E-state index >= 15 is 0 Å². The second-order valence-corrected chi connectivity index (χ2v) is 10.4. The summed E-state index contributed by atoms with van der Waals surface area (Å²) >= 11 is 0. The largest absolute Gasteiger partial charge is 0.491 e. The van der Waals surface area contributed by atoms with Gasteiger partial charge in [-0.15, -0.1) is 0 Å². The molecule has 3 unspecified atom stereocenters. The van der Waals surface area contributed by atoms with Crippen LogP contribution in [0.1, 0.15) is 68.2 Å². The number of ether oxygens (including phenoxy) is 2. The van der Waals surface area contributed by atoms with Crippen molar-refractivity contribution in [1.29, 1.82) is 0 Å². The molecule has 5 nitrogen and oxygen atoms in total. The number of benzene rings is 1. The third-order valence-electron chi connectivity index (χ3n) is 7.89. The monoisotopic (exact) mass is 463 g/mol. The molecule has 184 valence electrons. The highest BCUT2D eigenvalue weighted by Gasteiger charge is 2.25. The zero-order valence-corrected chi connectivity index (χ0v) is 20.8. The van der Waals surface area contributed by atoms with Crippen molar-refractivity contribution in [3.05, 3.63) is 53.2 Å². The first-order chi connectivity index (χ1) is 16.8.